The normalized spacial score (nSPS) is 12.7. The molecule has 6 aromatic carbocycles. The minimum Gasteiger partial charge on any atom is -0.398 e. The Balaban J connectivity index is 1.45. The summed E-state index contributed by atoms with van der Waals surface area (Å²) in [5, 5.41) is 0. The van der Waals surface area contributed by atoms with Crippen LogP contribution in [0.5, 0.6) is 0 Å². The molecule has 0 saturated carbocycles. The fourth-order valence-corrected chi connectivity index (χ4v) is 6.79. The third kappa shape index (κ3) is 8.50. The van der Waals surface area contributed by atoms with Gasteiger partial charge in [0.05, 0.1) is 22.3 Å². The Hall–Kier alpha value is -6.32. The SMILES string of the molecule is Nc1ccc(C(F)(F)F)cc1C(c1ccc(-c2ccc(C(c3cc(C(F)(F)F)ccc3N)c3cc(C(F)(F)F)ccc3N)cc2)cc1)c1cc(C(F)(F)F)ccc1N. The van der Waals surface area contributed by atoms with Crippen molar-refractivity contribution >= 4 is 22.7 Å². The quantitative estimate of drug-likeness (QED) is 0.0731. The van der Waals surface area contributed by atoms with Gasteiger partial charge in [-0.25, -0.2) is 0 Å². The largest absolute Gasteiger partial charge is 0.416 e. The van der Waals surface area contributed by atoms with Gasteiger partial charge < -0.3 is 22.9 Å². The van der Waals surface area contributed by atoms with Gasteiger partial charge >= 0.3 is 24.7 Å². The van der Waals surface area contributed by atoms with Crippen molar-refractivity contribution in [2.75, 3.05) is 22.9 Å². The first-order valence-corrected chi connectivity index (χ1v) is 17.0. The van der Waals surface area contributed by atoms with Crippen LogP contribution in [0.2, 0.25) is 0 Å². The van der Waals surface area contributed by atoms with E-state index in [9.17, 15) is 52.7 Å². The van der Waals surface area contributed by atoms with Crippen molar-refractivity contribution in [2.24, 2.45) is 0 Å². The lowest BCUT2D eigenvalue weighted by molar-refractivity contribution is -0.138. The van der Waals surface area contributed by atoms with Crippen LogP contribution in [0, 0.1) is 0 Å². The molecule has 0 heterocycles. The van der Waals surface area contributed by atoms with E-state index in [-0.39, 0.29) is 56.1 Å². The number of hydrogen-bond donors (Lipinski definition) is 4. The predicted octanol–water partition coefficient (Wildman–Crippen LogP) is 12.1. The van der Waals surface area contributed by atoms with Crippen LogP contribution in [-0.4, -0.2) is 0 Å². The number of halogens is 12. The van der Waals surface area contributed by atoms with Gasteiger partial charge in [-0.15, -0.1) is 0 Å². The third-order valence-corrected chi connectivity index (χ3v) is 9.72. The van der Waals surface area contributed by atoms with Crippen molar-refractivity contribution in [3.05, 3.63) is 177 Å². The van der Waals surface area contributed by atoms with Gasteiger partial charge in [-0.05, 0) is 117 Å². The van der Waals surface area contributed by atoms with Crippen molar-refractivity contribution in [3.8, 4) is 11.1 Å². The van der Waals surface area contributed by atoms with Gasteiger partial charge in [0.2, 0.25) is 0 Å². The highest BCUT2D eigenvalue weighted by Crippen LogP contribution is 2.45. The van der Waals surface area contributed by atoms with E-state index in [1.165, 1.54) is 48.5 Å². The second-order valence-corrected chi connectivity index (χ2v) is 13.5. The predicted molar refractivity (Wildman–Crippen MR) is 197 cm³/mol. The molecule has 0 spiro atoms. The Morgan fingerprint density at radius 2 is 0.500 bits per heavy atom. The summed E-state index contributed by atoms with van der Waals surface area (Å²) < 4.78 is 166. The van der Waals surface area contributed by atoms with Crippen molar-refractivity contribution in [1.82, 2.24) is 0 Å². The van der Waals surface area contributed by atoms with Crippen LogP contribution in [0.4, 0.5) is 75.4 Å². The number of anilines is 4. The van der Waals surface area contributed by atoms with Crippen LogP contribution in [0.1, 0.15) is 67.5 Å². The molecule has 0 saturated heterocycles. The lowest BCUT2D eigenvalue weighted by Gasteiger charge is -2.25. The summed E-state index contributed by atoms with van der Waals surface area (Å²) in [4.78, 5) is 0. The molecule has 16 heteroatoms. The first-order valence-electron chi connectivity index (χ1n) is 17.0. The van der Waals surface area contributed by atoms with Gasteiger partial charge in [0.1, 0.15) is 0 Å². The van der Waals surface area contributed by atoms with Gasteiger partial charge in [-0.3, -0.25) is 0 Å². The van der Waals surface area contributed by atoms with Crippen LogP contribution >= 0.6 is 0 Å². The molecule has 0 radical (unpaired) electrons. The van der Waals surface area contributed by atoms with Gasteiger partial charge in [-0.2, -0.15) is 52.7 Å². The Labute approximate surface area is 322 Å². The first-order chi connectivity index (χ1) is 26.9. The minimum absolute atomic E-state index is 0.146. The van der Waals surface area contributed by atoms with Gasteiger partial charge in [0.15, 0.2) is 0 Å². The summed E-state index contributed by atoms with van der Waals surface area (Å²) in [6.45, 7) is 0. The molecule has 0 amide bonds. The van der Waals surface area contributed by atoms with Crippen LogP contribution in [0.3, 0.4) is 0 Å². The summed E-state index contributed by atoms with van der Waals surface area (Å²) in [6.07, 6.45) is -19.3. The van der Waals surface area contributed by atoms with E-state index in [0.29, 0.717) is 11.1 Å². The van der Waals surface area contributed by atoms with E-state index < -0.39 is 58.8 Å². The van der Waals surface area contributed by atoms with Gasteiger partial charge in [-0.1, -0.05) is 48.5 Å². The molecule has 0 unspecified atom stereocenters. The molecule has 302 valence electrons. The zero-order chi connectivity index (χ0) is 42.5. The summed E-state index contributed by atoms with van der Waals surface area (Å²) >= 11 is 0. The molecule has 6 aromatic rings. The molecule has 0 fully saturated rings. The fourth-order valence-electron chi connectivity index (χ4n) is 6.79. The summed E-state index contributed by atoms with van der Waals surface area (Å²) in [6, 6.07) is 21.9. The number of rotatable bonds is 7. The van der Waals surface area contributed by atoms with Crippen LogP contribution in [0.15, 0.2) is 121 Å². The second kappa shape index (κ2) is 14.9. The molecular weight excluding hydrogens is 788 g/mol. The topological polar surface area (TPSA) is 104 Å². The monoisotopic (exact) mass is 818 g/mol. The minimum atomic E-state index is -4.82. The Morgan fingerprint density at radius 3 is 0.690 bits per heavy atom. The summed E-state index contributed by atoms with van der Waals surface area (Å²) in [5.41, 5.74) is 20.3. The smallest absolute Gasteiger partial charge is 0.398 e. The number of nitrogens with two attached hydrogens (primary N) is 4. The molecule has 6 rings (SSSR count). The van der Waals surface area contributed by atoms with Crippen molar-refractivity contribution in [2.45, 2.75) is 36.5 Å². The van der Waals surface area contributed by atoms with Gasteiger partial charge in [0.25, 0.3) is 0 Å². The molecule has 8 N–H and O–H groups in total. The first kappa shape index (κ1) is 41.3. The summed E-state index contributed by atoms with van der Waals surface area (Å²) in [5.74, 6) is -2.62. The average molecular weight is 819 g/mol. The number of alkyl halides is 12. The van der Waals surface area contributed by atoms with Crippen LogP contribution < -0.4 is 22.9 Å². The second-order valence-electron chi connectivity index (χ2n) is 13.5. The van der Waals surface area contributed by atoms with Gasteiger partial charge in [0, 0.05) is 34.6 Å². The van der Waals surface area contributed by atoms with Crippen molar-refractivity contribution in [3.63, 3.8) is 0 Å². The highest BCUT2D eigenvalue weighted by Gasteiger charge is 2.37. The lowest BCUT2D eigenvalue weighted by atomic mass is 9.81. The Kier molecular flexibility index (Phi) is 10.6. The third-order valence-electron chi connectivity index (χ3n) is 9.72. The van der Waals surface area contributed by atoms with Crippen LogP contribution in [-0.2, 0) is 24.7 Å². The lowest BCUT2D eigenvalue weighted by Crippen LogP contribution is -2.14. The maximum atomic E-state index is 13.8. The highest BCUT2D eigenvalue weighted by atomic mass is 19.4. The van der Waals surface area contributed by atoms with Crippen molar-refractivity contribution < 1.29 is 52.7 Å². The standard InChI is InChI=1S/C42H30F12N4/c43-39(44,45)25-9-13-33(55)29(17-25)37(30-18-26(40(46,47)48)10-14-34(30)56)23-5-1-21(2-6-23)22-3-7-24(8-4-22)38(31-19-27(41(49,50)51)11-15-35(31)57)32-20-28(42(52,53)54)12-16-36(32)58/h1-20,37-38H,55-58H2. The zero-order valence-corrected chi connectivity index (χ0v) is 29.5. The summed E-state index contributed by atoms with van der Waals surface area (Å²) in [7, 11) is 0. The highest BCUT2D eigenvalue weighted by molar-refractivity contribution is 5.69. The number of benzene rings is 6. The van der Waals surface area contributed by atoms with E-state index in [0.717, 1.165) is 72.8 Å². The van der Waals surface area contributed by atoms with E-state index in [2.05, 4.69) is 0 Å². The van der Waals surface area contributed by atoms with E-state index in [4.69, 9.17) is 22.9 Å². The number of nitrogen functional groups attached to an aromatic ring is 4. The Morgan fingerprint density at radius 1 is 0.293 bits per heavy atom. The van der Waals surface area contributed by atoms with E-state index >= 15 is 0 Å². The van der Waals surface area contributed by atoms with Crippen molar-refractivity contribution in [1.29, 1.82) is 0 Å². The maximum Gasteiger partial charge on any atom is 0.416 e. The molecule has 0 bridgehead atoms. The molecule has 4 nitrogen and oxygen atoms in total. The zero-order valence-electron chi connectivity index (χ0n) is 29.5. The van der Waals surface area contributed by atoms with Crippen LogP contribution in [0.25, 0.3) is 11.1 Å². The molecule has 0 aliphatic carbocycles. The molecule has 0 aliphatic heterocycles. The molecule has 0 aromatic heterocycles. The molecular formula is C42H30F12N4. The molecule has 58 heavy (non-hydrogen) atoms. The Bertz CT molecular complexity index is 2150. The number of hydrogen-bond acceptors (Lipinski definition) is 4. The average Bonchev–Trinajstić information content (AvgIpc) is 3.13. The maximum absolute atomic E-state index is 13.8. The fraction of sp³-hybridized carbons (Fsp3) is 0.143. The van der Waals surface area contributed by atoms with E-state index in [1.807, 2.05) is 0 Å². The molecule has 0 atom stereocenters. The van der Waals surface area contributed by atoms with E-state index in [1.54, 1.807) is 0 Å². The molecule has 0 aliphatic rings.